The van der Waals surface area contributed by atoms with Crippen LogP contribution in [0, 0.1) is 0 Å². The van der Waals surface area contributed by atoms with E-state index in [1.165, 1.54) is 64.2 Å². The lowest BCUT2D eigenvalue weighted by Crippen LogP contribution is -2.32. The van der Waals surface area contributed by atoms with E-state index in [9.17, 15) is 0 Å². The summed E-state index contributed by atoms with van der Waals surface area (Å²) in [5.41, 5.74) is 8.53. The molecule has 2 fully saturated rings. The predicted molar refractivity (Wildman–Crippen MR) is 113 cm³/mol. The molecule has 1 unspecified atom stereocenters. The number of hydrogen-bond acceptors (Lipinski definition) is 0. The molecule has 1 atom stereocenters. The second-order valence-corrected chi connectivity index (χ2v) is 12.0. The number of allylic oxidation sites excluding steroid dienone is 2. The molecule has 0 amide bonds. The second kappa shape index (κ2) is 7.19. The van der Waals surface area contributed by atoms with Crippen molar-refractivity contribution in [3.63, 3.8) is 0 Å². The molecule has 0 N–H and O–H groups in total. The van der Waals surface area contributed by atoms with E-state index in [0.29, 0.717) is 5.16 Å². The highest BCUT2D eigenvalue weighted by Crippen LogP contribution is 2.72. The molecular weight excluding hydrogens is 319 g/mol. The molecule has 0 bridgehead atoms. The lowest BCUT2D eigenvalue weighted by atomic mass is 9.97. The van der Waals surface area contributed by atoms with E-state index < -0.39 is 0 Å². The first-order valence-electron chi connectivity index (χ1n) is 10.7. The van der Waals surface area contributed by atoms with Crippen LogP contribution in [-0.4, -0.2) is 11.3 Å². The van der Waals surface area contributed by atoms with Crippen LogP contribution in [0.15, 0.2) is 29.8 Å². The topological polar surface area (TPSA) is 0 Å². The van der Waals surface area contributed by atoms with Gasteiger partial charge in [-0.3, -0.25) is 0 Å². The van der Waals surface area contributed by atoms with Crippen molar-refractivity contribution in [2.45, 2.75) is 101 Å². The van der Waals surface area contributed by atoms with Gasteiger partial charge in [-0.2, -0.15) is 0 Å². The lowest BCUT2D eigenvalue weighted by Gasteiger charge is -2.49. The molecule has 3 aliphatic carbocycles. The highest BCUT2D eigenvalue weighted by molar-refractivity contribution is 7.60. The van der Waals surface area contributed by atoms with Gasteiger partial charge >= 0.3 is 0 Å². The van der Waals surface area contributed by atoms with Crippen LogP contribution in [0.1, 0.15) is 96.1 Å². The number of fused-ring (bicyclic) bond motifs is 1. The van der Waals surface area contributed by atoms with Crippen LogP contribution < -0.4 is 0 Å². The van der Waals surface area contributed by atoms with Gasteiger partial charge in [-0.05, 0) is 74.5 Å². The third-order valence-electron chi connectivity index (χ3n) is 7.60. The smallest absolute Gasteiger partial charge is 0.0347 e. The Balaban J connectivity index is 1.80. The number of hydrogen-bond donors (Lipinski definition) is 0. The van der Waals surface area contributed by atoms with Crippen LogP contribution in [0.4, 0.5) is 0 Å². The molecule has 0 spiro atoms. The molecule has 0 saturated heterocycles. The molecule has 0 aliphatic heterocycles. The molecule has 136 valence electrons. The molecule has 0 aromatic heterocycles. The Bertz CT molecular complexity index is 628. The van der Waals surface area contributed by atoms with Gasteiger partial charge < -0.3 is 0 Å². The zero-order chi connectivity index (χ0) is 17.4. The standard InChI is InChI=1S/C24H35P/c1-18-19(2)24(3,23-17-11-10-16-22(18)23)25(20-12-6-4-7-13-20)21-14-8-5-9-15-21/h10-11,16-17,20-21H,4-9,12-15H2,1-3H3. The largest absolute Gasteiger partial charge is 0.0853 e. The molecule has 3 aliphatic rings. The van der Waals surface area contributed by atoms with E-state index in [1.54, 1.807) is 22.3 Å². The van der Waals surface area contributed by atoms with Crippen LogP contribution in [0.2, 0.25) is 0 Å². The van der Waals surface area contributed by atoms with Gasteiger partial charge in [0.2, 0.25) is 0 Å². The summed E-state index contributed by atoms with van der Waals surface area (Å²) >= 11 is 0. The highest BCUT2D eigenvalue weighted by Gasteiger charge is 2.49. The average molecular weight is 355 g/mol. The minimum Gasteiger partial charge on any atom is -0.0853 e. The van der Waals surface area contributed by atoms with E-state index in [2.05, 4.69) is 45.0 Å². The van der Waals surface area contributed by atoms with Crippen LogP contribution in [0.5, 0.6) is 0 Å². The first-order chi connectivity index (χ1) is 12.1. The van der Waals surface area contributed by atoms with Crippen LogP contribution in [-0.2, 0) is 5.16 Å². The van der Waals surface area contributed by atoms with Gasteiger partial charge in [0.15, 0.2) is 0 Å². The first-order valence-corrected chi connectivity index (χ1v) is 12.2. The molecular formula is C24H35P. The van der Waals surface area contributed by atoms with E-state index >= 15 is 0 Å². The Morgan fingerprint density at radius 2 is 1.32 bits per heavy atom. The van der Waals surface area contributed by atoms with Gasteiger partial charge in [-0.15, -0.1) is 0 Å². The molecule has 0 heterocycles. The van der Waals surface area contributed by atoms with Crippen molar-refractivity contribution in [3.8, 4) is 0 Å². The fourth-order valence-corrected chi connectivity index (χ4v) is 11.0. The fraction of sp³-hybridized carbons (Fsp3) is 0.667. The summed E-state index contributed by atoms with van der Waals surface area (Å²) in [7, 11) is 0.00939. The van der Waals surface area contributed by atoms with Crippen molar-refractivity contribution in [1.82, 2.24) is 0 Å². The minimum absolute atomic E-state index is 0.00939. The quantitative estimate of drug-likeness (QED) is 0.485. The third kappa shape index (κ3) is 2.93. The lowest BCUT2D eigenvalue weighted by molar-refractivity contribution is 0.476. The maximum absolute atomic E-state index is 2.65. The summed E-state index contributed by atoms with van der Waals surface area (Å²) in [4.78, 5) is 0. The van der Waals surface area contributed by atoms with Crippen LogP contribution in [0.25, 0.3) is 5.57 Å². The summed E-state index contributed by atoms with van der Waals surface area (Å²) in [5.74, 6) is 0. The molecule has 2 saturated carbocycles. The van der Waals surface area contributed by atoms with Crippen molar-refractivity contribution in [3.05, 3.63) is 41.0 Å². The first kappa shape index (κ1) is 17.8. The van der Waals surface area contributed by atoms with E-state index in [-0.39, 0.29) is 7.92 Å². The zero-order valence-electron chi connectivity index (χ0n) is 16.5. The molecule has 4 rings (SSSR count). The van der Waals surface area contributed by atoms with Crippen molar-refractivity contribution in [1.29, 1.82) is 0 Å². The Morgan fingerprint density at radius 3 is 1.88 bits per heavy atom. The zero-order valence-corrected chi connectivity index (χ0v) is 17.4. The Kier molecular flexibility index (Phi) is 5.11. The van der Waals surface area contributed by atoms with Gasteiger partial charge in [-0.25, -0.2) is 0 Å². The third-order valence-corrected chi connectivity index (χ3v) is 11.8. The minimum atomic E-state index is 0.00939. The normalized spacial score (nSPS) is 28.6. The van der Waals surface area contributed by atoms with E-state index in [1.807, 2.05) is 0 Å². The fourth-order valence-electron chi connectivity index (χ4n) is 6.08. The Morgan fingerprint density at radius 1 is 0.800 bits per heavy atom. The van der Waals surface area contributed by atoms with Gasteiger partial charge in [0.1, 0.15) is 0 Å². The van der Waals surface area contributed by atoms with Gasteiger partial charge in [0.25, 0.3) is 0 Å². The van der Waals surface area contributed by atoms with Gasteiger partial charge in [-0.1, -0.05) is 76.3 Å². The van der Waals surface area contributed by atoms with Crippen molar-refractivity contribution in [2.75, 3.05) is 0 Å². The Hall–Kier alpha value is -0.610. The molecule has 0 nitrogen and oxygen atoms in total. The summed E-state index contributed by atoms with van der Waals surface area (Å²) < 4.78 is 0. The molecule has 1 aromatic carbocycles. The van der Waals surface area contributed by atoms with Crippen molar-refractivity contribution < 1.29 is 0 Å². The summed E-state index contributed by atoms with van der Waals surface area (Å²) in [5, 5.41) is 0.333. The maximum Gasteiger partial charge on any atom is 0.0347 e. The van der Waals surface area contributed by atoms with E-state index in [0.717, 1.165) is 11.3 Å². The Labute approximate surface area is 156 Å². The highest BCUT2D eigenvalue weighted by atomic mass is 31.1. The van der Waals surface area contributed by atoms with Gasteiger partial charge in [0.05, 0.1) is 0 Å². The van der Waals surface area contributed by atoms with Crippen molar-refractivity contribution in [2.24, 2.45) is 0 Å². The summed E-state index contributed by atoms with van der Waals surface area (Å²) in [6, 6.07) is 9.38. The predicted octanol–water partition coefficient (Wildman–Crippen LogP) is 7.86. The molecule has 1 heteroatoms. The van der Waals surface area contributed by atoms with E-state index in [4.69, 9.17) is 0 Å². The SMILES string of the molecule is CC1=C(C)C(C)(P(C2CCCCC2)C2CCCCC2)c2ccccc21. The summed E-state index contributed by atoms with van der Waals surface area (Å²) in [6.07, 6.45) is 14.9. The van der Waals surface area contributed by atoms with Crippen LogP contribution in [0.3, 0.4) is 0 Å². The maximum atomic E-state index is 2.65. The van der Waals surface area contributed by atoms with Gasteiger partial charge in [0, 0.05) is 5.16 Å². The number of rotatable bonds is 3. The summed E-state index contributed by atoms with van der Waals surface area (Å²) in [6.45, 7) is 7.50. The molecule has 0 radical (unpaired) electrons. The molecule has 1 aromatic rings. The molecule has 25 heavy (non-hydrogen) atoms. The average Bonchev–Trinajstić information content (AvgIpc) is 2.86. The monoisotopic (exact) mass is 354 g/mol. The van der Waals surface area contributed by atoms with Crippen LogP contribution >= 0.6 is 7.92 Å². The van der Waals surface area contributed by atoms with Crippen molar-refractivity contribution >= 4 is 13.5 Å². The second-order valence-electron chi connectivity index (χ2n) is 8.86. The number of benzene rings is 1.